The van der Waals surface area contributed by atoms with Crippen molar-refractivity contribution in [1.29, 1.82) is 0 Å². The number of alkyl halides is 1. The van der Waals surface area contributed by atoms with Crippen molar-refractivity contribution in [2.45, 2.75) is 5.38 Å². The topological polar surface area (TPSA) is 35.5 Å². The Balaban J connectivity index is 1.93. The lowest BCUT2D eigenvalue weighted by Gasteiger charge is -2.21. The molecule has 0 saturated carbocycles. The van der Waals surface area contributed by atoms with Gasteiger partial charge in [-0.15, -0.1) is 11.6 Å². The highest BCUT2D eigenvalue weighted by Gasteiger charge is 2.26. The standard InChI is InChI=1S/C16H12ClFO3/c17-14(10-4-6-11(18)7-5-10)15(19)12-2-1-3-13-16(12)21-9-8-20-13/h1-7,14H,8-9H2. The number of ketones is 1. The summed E-state index contributed by atoms with van der Waals surface area (Å²) in [6.07, 6.45) is 0. The van der Waals surface area contributed by atoms with Gasteiger partial charge in [0.05, 0.1) is 5.56 Å². The minimum Gasteiger partial charge on any atom is -0.486 e. The van der Waals surface area contributed by atoms with Crippen molar-refractivity contribution < 1.29 is 18.7 Å². The number of rotatable bonds is 3. The highest BCUT2D eigenvalue weighted by Crippen LogP contribution is 2.37. The van der Waals surface area contributed by atoms with Crippen LogP contribution >= 0.6 is 11.6 Å². The fourth-order valence-corrected chi connectivity index (χ4v) is 2.45. The van der Waals surface area contributed by atoms with Gasteiger partial charge in [-0.25, -0.2) is 4.39 Å². The van der Waals surface area contributed by atoms with Gasteiger partial charge in [0.2, 0.25) is 0 Å². The Kier molecular flexibility index (Phi) is 3.80. The lowest BCUT2D eigenvalue weighted by molar-refractivity contribution is 0.0976. The minimum absolute atomic E-state index is 0.300. The van der Waals surface area contributed by atoms with Gasteiger partial charge in [0.25, 0.3) is 0 Å². The van der Waals surface area contributed by atoms with E-state index in [1.165, 1.54) is 24.3 Å². The largest absolute Gasteiger partial charge is 0.486 e. The molecule has 0 radical (unpaired) electrons. The van der Waals surface area contributed by atoms with E-state index in [4.69, 9.17) is 21.1 Å². The second-order valence-electron chi connectivity index (χ2n) is 4.61. The van der Waals surface area contributed by atoms with E-state index in [0.29, 0.717) is 35.8 Å². The van der Waals surface area contributed by atoms with E-state index < -0.39 is 5.38 Å². The molecular weight excluding hydrogens is 295 g/mol. The number of ether oxygens (including phenoxy) is 2. The molecule has 21 heavy (non-hydrogen) atoms. The Hall–Kier alpha value is -2.07. The van der Waals surface area contributed by atoms with Crippen LogP contribution in [0.4, 0.5) is 4.39 Å². The first-order valence-electron chi connectivity index (χ1n) is 6.49. The summed E-state index contributed by atoms with van der Waals surface area (Å²) in [5.41, 5.74) is 0.911. The summed E-state index contributed by atoms with van der Waals surface area (Å²) >= 11 is 6.22. The number of Topliss-reactive ketones (excluding diaryl/α,β-unsaturated/α-hetero) is 1. The Morgan fingerprint density at radius 2 is 1.81 bits per heavy atom. The normalized spacial score (nSPS) is 14.6. The molecule has 0 aromatic heterocycles. The molecule has 1 atom stereocenters. The summed E-state index contributed by atoms with van der Waals surface area (Å²) in [5, 5.41) is -0.900. The van der Waals surface area contributed by atoms with Crippen LogP contribution in [0, 0.1) is 5.82 Å². The monoisotopic (exact) mass is 306 g/mol. The zero-order valence-electron chi connectivity index (χ0n) is 11.0. The molecule has 1 unspecified atom stereocenters. The van der Waals surface area contributed by atoms with Crippen molar-refractivity contribution in [1.82, 2.24) is 0 Å². The van der Waals surface area contributed by atoms with Crippen molar-refractivity contribution in [2.75, 3.05) is 13.2 Å². The zero-order chi connectivity index (χ0) is 14.8. The Bertz CT molecular complexity index is 670. The van der Waals surface area contributed by atoms with Gasteiger partial charge in [0.1, 0.15) is 24.4 Å². The van der Waals surface area contributed by atoms with Crippen LogP contribution in [0.15, 0.2) is 42.5 Å². The van der Waals surface area contributed by atoms with Crippen molar-refractivity contribution >= 4 is 17.4 Å². The molecule has 108 valence electrons. The van der Waals surface area contributed by atoms with Crippen LogP contribution in [0.25, 0.3) is 0 Å². The number of carbonyl (C=O) groups is 1. The maximum absolute atomic E-state index is 12.9. The summed E-state index contributed by atoms with van der Waals surface area (Å²) in [5.74, 6) is 0.283. The van der Waals surface area contributed by atoms with Crippen LogP contribution in [0.5, 0.6) is 11.5 Å². The van der Waals surface area contributed by atoms with Crippen LogP contribution in [-0.2, 0) is 0 Å². The summed E-state index contributed by atoms with van der Waals surface area (Å²) in [6.45, 7) is 0.841. The third-order valence-corrected chi connectivity index (χ3v) is 3.67. The number of hydrogen-bond donors (Lipinski definition) is 0. The SMILES string of the molecule is O=C(c1cccc2c1OCCO2)C(Cl)c1ccc(F)cc1. The second-order valence-corrected chi connectivity index (χ2v) is 5.04. The zero-order valence-corrected chi connectivity index (χ0v) is 11.8. The number of fused-ring (bicyclic) bond motifs is 1. The van der Waals surface area contributed by atoms with Crippen molar-refractivity contribution in [3.63, 3.8) is 0 Å². The summed E-state index contributed by atoms with van der Waals surface area (Å²) in [4.78, 5) is 12.5. The van der Waals surface area contributed by atoms with E-state index in [1.807, 2.05) is 0 Å². The van der Waals surface area contributed by atoms with E-state index in [2.05, 4.69) is 0 Å². The number of para-hydroxylation sites is 1. The average Bonchev–Trinajstić information content (AvgIpc) is 2.53. The summed E-state index contributed by atoms with van der Waals surface area (Å²) < 4.78 is 23.9. The van der Waals surface area contributed by atoms with Crippen molar-refractivity contribution in [3.8, 4) is 11.5 Å². The molecule has 3 rings (SSSR count). The molecule has 0 bridgehead atoms. The van der Waals surface area contributed by atoms with Gasteiger partial charge in [-0.05, 0) is 29.8 Å². The minimum atomic E-state index is -0.900. The molecule has 1 aliphatic rings. The Labute approximate surface area is 126 Å². The lowest BCUT2D eigenvalue weighted by Crippen LogP contribution is -2.18. The number of halogens is 2. The van der Waals surface area contributed by atoms with Gasteiger partial charge in [0, 0.05) is 0 Å². The first-order chi connectivity index (χ1) is 10.2. The summed E-state index contributed by atoms with van der Waals surface area (Å²) in [6, 6.07) is 10.7. The van der Waals surface area contributed by atoms with Gasteiger partial charge >= 0.3 is 0 Å². The quantitative estimate of drug-likeness (QED) is 0.640. The number of hydrogen-bond acceptors (Lipinski definition) is 3. The maximum atomic E-state index is 12.9. The van der Waals surface area contributed by atoms with Gasteiger partial charge in [0.15, 0.2) is 17.3 Å². The lowest BCUT2D eigenvalue weighted by atomic mass is 10.0. The Morgan fingerprint density at radius 1 is 1.10 bits per heavy atom. The molecule has 2 aromatic carbocycles. The highest BCUT2D eigenvalue weighted by atomic mass is 35.5. The van der Waals surface area contributed by atoms with Crippen molar-refractivity contribution in [2.24, 2.45) is 0 Å². The van der Waals surface area contributed by atoms with Crippen LogP contribution < -0.4 is 9.47 Å². The molecule has 0 saturated heterocycles. The van der Waals surface area contributed by atoms with E-state index >= 15 is 0 Å². The molecule has 3 nitrogen and oxygen atoms in total. The fraction of sp³-hybridized carbons (Fsp3) is 0.188. The van der Waals surface area contributed by atoms with Crippen molar-refractivity contribution in [3.05, 3.63) is 59.4 Å². The number of benzene rings is 2. The fourth-order valence-electron chi connectivity index (χ4n) is 2.19. The van der Waals surface area contributed by atoms with Gasteiger partial charge in [-0.3, -0.25) is 4.79 Å². The van der Waals surface area contributed by atoms with Gasteiger partial charge < -0.3 is 9.47 Å². The third kappa shape index (κ3) is 2.72. The van der Waals surface area contributed by atoms with E-state index in [0.717, 1.165) is 0 Å². The molecular formula is C16H12ClFO3. The molecule has 1 heterocycles. The second kappa shape index (κ2) is 5.74. The first kappa shape index (κ1) is 13.9. The van der Waals surface area contributed by atoms with Crippen LogP contribution in [-0.4, -0.2) is 19.0 Å². The Morgan fingerprint density at radius 3 is 2.57 bits per heavy atom. The van der Waals surface area contributed by atoms with Crippen LogP contribution in [0.2, 0.25) is 0 Å². The molecule has 1 aliphatic heterocycles. The van der Waals surface area contributed by atoms with Gasteiger partial charge in [-0.1, -0.05) is 18.2 Å². The molecule has 2 aromatic rings. The molecule has 0 amide bonds. The molecule has 0 spiro atoms. The molecule has 5 heteroatoms. The maximum Gasteiger partial charge on any atom is 0.189 e. The average molecular weight is 307 g/mol. The van der Waals surface area contributed by atoms with Crippen LogP contribution in [0.3, 0.4) is 0 Å². The smallest absolute Gasteiger partial charge is 0.189 e. The predicted molar refractivity (Wildman–Crippen MR) is 76.8 cm³/mol. The number of carbonyl (C=O) groups excluding carboxylic acids is 1. The van der Waals surface area contributed by atoms with E-state index in [-0.39, 0.29) is 11.6 Å². The molecule has 0 fully saturated rings. The molecule has 0 N–H and O–H groups in total. The summed E-state index contributed by atoms with van der Waals surface area (Å²) in [7, 11) is 0. The highest BCUT2D eigenvalue weighted by molar-refractivity contribution is 6.34. The van der Waals surface area contributed by atoms with Gasteiger partial charge in [-0.2, -0.15) is 0 Å². The van der Waals surface area contributed by atoms with Crippen LogP contribution in [0.1, 0.15) is 21.3 Å². The predicted octanol–water partition coefficient (Wildman–Crippen LogP) is 3.76. The molecule has 0 aliphatic carbocycles. The first-order valence-corrected chi connectivity index (χ1v) is 6.93. The van der Waals surface area contributed by atoms with E-state index in [9.17, 15) is 9.18 Å². The van der Waals surface area contributed by atoms with E-state index in [1.54, 1.807) is 18.2 Å². The third-order valence-electron chi connectivity index (χ3n) is 3.22.